The third-order valence-electron chi connectivity index (χ3n) is 2.80. The first-order chi connectivity index (χ1) is 10.2. The lowest BCUT2D eigenvalue weighted by Gasteiger charge is -2.01. The van der Waals surface area contributed by atoms with Gasteiger partial charge in [-0.1, -0.05) is 36.4 Å². The Morgan fingerprint density at radius 3 is 2.24 bits per heavy atom. The minimum atomic E-state index is -0.702. The highest BCUT2D eigenvalue weighted by atomic mass is 16.6. The van der Waals surface area contributed by atoms with Crippen molar-refractivity contribution in [3.8, 4) is 23.1 Å². The van der Waals surface area contributed by atoms with Gasteiger partial charge in [-0.2, -0.15) is 4.98 Å². The fourth-order valence-corrected chi connectivity index (χ4v) is 1.83. The number of para-hydroxylation sites is 1. The molecule has 21 heavy (non-hydrogen) atoms. The Balaban J connectivity index is 2.00. The summed E-state index contributed by atoms with van der Waals surface area (Å²) >= 11 is 0. The zero-order valence-electron chi connectivity index (χ0n) is 11.0. The van der Waals surface area contributed by atoms with E-state index in [1.54, 1.807) is 12.1 Å². The van der Waals surface area contributed by atoms with Crippen LogP contribution in [0.2, 0.25) is 0 Å². The molecule has 5 heteroatoms. The van der Waals surface area contributed by atoms with Gasteiger partial charge < -0.3 is 14.9 Å². The average molecular weight is 280 g/mol. The van der Waals surface area contributed by atoms with Crippen LogP contribution in [0.15, 0.2) is 65.1 Å². The summed E-state index contributed by atoms with van der Waals surface area (Å²) in [6.45, 7) is 0. The summed E-state index contributed by atoms with van der Waals surface area (Å²) in [7, 11) is 0. The molecule has 0 aliphatic heterocycles. The van der Waals surface area contributed by atoms with Crippen LogP contribution in [0.1, 0.15) is 10.5 Å². The zero-order chi connectivity index (χ0) is 14.7. The Labute approximate surface area is 121 Å². The first-order valence-corrected chi connectivity index (χ1v) is 6.33. The summed E-state index contributed by atoms with van der Waals surface area (Å²) in [5.41, 5.74) is 6.03. The van der Waals surface area contributed by atoms with E-state index in [1.807, 2.05) is 48.5 Å². The highest BCUT2D eigenvalue weighted by Crippen LogP contribution is 2.30. The number of aromatic nitrogens is 1. The summed E-state index contributed by atoms with van der Waals surface area (Å²) in [5.74, 6) is 0.116. The molecule has 0 saturated carbocycles. The molecule has 1 amide bonds. The van der Waals surface area contributed by atoms with E-state index in [4.69, 9.17) is 14.9 Å². The first-order valence-electron chi connectivity index (χ1n) is 6.33. The Kier molecular flexibility index (Phi) is 3.39. The number of carbonyl (C=O) groups excluding carboxylic acids is 1. The summed E-state index contributed by atoms with van der Waals surface area (Å²) < 4.78 is 11.1. The van der Waals surface area contributed by atoms with Crippen LogP contribution in [-0.4, -0.2) is 10.9 Å². The van der Waals surface area contributed by atoms with Gasteiger partial charge in [0.15, 0.2) is 0 Å². The molecular weight excluding hydrogens is 268 g/mol. The maximum absolute atomic E-state index is 11.5. The fourth-order valence-electron chi connectivity index (χ4n) is 1.83. The van der Waals surface area contributed by atoms with Crippen molar-refractivity contribution in [1.29, 1.82) is 0 Å². The molecule has 0 saturated heterocycles. The molecule has 0 bridgehead atoms. The SMILES string of the molecule is NC(=O)c1nc(-c2ccccc2)oc1Oc1ccccc1. The summed E-state index contributed by atoms with van der Waals surface area (Å²) in [4.78, 5) is 15.6. The van der Waals surface area contributed by atoms with Crippen LogP contribution in [0.4, 0.5) is 0 Å². The highest BCUT2D eigenvalue weighted by Gasteiger charge is 2.20. The number of carbonyl (C=O) groups is 1. The molecule has 0 aliphatic carbocycles. The van der Waals surface area contributed by atoms with E-state index >= 15 is 0 Å². The van der Waals surface area contributed by atoms with Gasteiger partial charge in [-0.15, -0.1) is 0 Å². The van der Waals surface area contributed by atoms with E-state index in [0.29, 0.717) is 5.75 Å². The number of nitrogens with two attached hydrogens (primary N) is 1. The normalized spacial score (nSPS) is 10.3. The van der Waals surface area contributed by atoms with Crippen molar-refractivity contribution in [2.75, 3.05) is 0 Å². The van der Waals surface area contributed by atoms with Gasteiger partial charge in [-0.25, -0.2) is 0 Å². The minimum Gasteiger partial charge on any atom is -0.424 e. The summed E-state index contributed by atoms with van der Waals surface area (Å²) in [5, 5.41) is 0. The molecule has 104 valence electrons. The Hall–Kier alpha value is -3.08. The maximum Gasteiger partial charge on any atom is 0.324 e. The third-order valence-corrected chi connectivity index (χ3v) is 2.80. The fraction of sp³-hybridized carbons (Fsp3) is 0. The van der Waals surface area contributed by atoms with E-state index in [0.717, 1.165) is 5.56 Å². The molecule has 5 nitrogen and oxygen atoms in total. The van der Waals surface area contributed by atoms with Crippen molar-refractivity contribution in [2.45, 2.75) is 0 Å². The molecule has 0 fully saturated rings. The van der Waals surface area contributed by atoms with Crippen LogP contribution < -0.4 is 10.5 Å². The Morgan fingerprint density at radius 1 is 1.00 bits per heavy atom. The Morgan fingerprint density at radius 2 is 1.62 bits per heavy atom. The number of benzene rings is 2. The summed E-state index contributed by atoms with van der Waals surface area (Å²) in [6, 6.07) is 18.2. The van der Waals surface area contributed by atoms with E-state index in [2.05, 4.69) is 4.98 Å². The smallest absolute Gasteiger partial charge is 0.324 e. The molecule has 1 heterocycles. The second-order valence-corrected chi connectivity index (χ2v) is 4.30. The van der Waals surface area contributed by atoms with Gasteiger partial charge in [-0.05, 0) is 24.3 Å². The zero-order valence-corrected chi connectivity index (χ0v) is 11.0. The second kappa shape index (κ2) is 5.50. The number of ether oxygens (including phenoxy) is 1. The lowest BCUT2D eigenvalue weighted by atomic mass is 10.2. The molecule has 0 atom stereocenters. The Bertz CT molecular complexity index is 752. The van der Waals surface area contributed by atoms with Crippen molar-refractivity contribution >= 4 is 5.91 Å². The molecule has 0 aliphatic rings. The first kappa shape index (κ1) is 12.9. The number of rotatable bonds is 4. The quantitative estimate of drug-likeness (QED) is 0.795. The van der Waals surface area contributed by atoms with Gasteiger partial charge in [0.2, 0.25) is 11.6 Å². The third kappa shape index (κ3) is 2.76. The second-order valence-electron chi connectivity index (χ2n) is 4.30. The van der Waals surface area contributed by atoms with Gasteiger partial charge in [0, 0.05) is 5.56 Å². The van der Waals surface area contributed by atoms with E-state index < -0.39 is 5.91 Å². The summed E-state index contributed by atoms with van der Waals surface area (Å²) in [6.07, 6.45) is 0. The van der Waals surface area contributed by atoms with Crippen LogP contribution >= 0.6 is 0 Å². The molecule has 3 aromatic rings. The number of oxazole rings is 1. The highest BCUT2D eigenvalue weighted by molar-refractivity contribution is 5.93. The number of primary amides is 1. The predicted octanol–water partition coefficient (Wildman–Crippen LogP) is 3.23. The molecule has 0 unspecified atom stereocenters. The van der Waals surface area contributed by atoms with Crippen LogP contribution in [0.3, 0.4) is 0 Å². The molecule has 1 aromatic heterocycles. The maximum atomic E-state index is 11.5. The molecule has 0 spiro atoms. The van der Waals surface area contributed by atoms with Gasteiger partial charge in [0.25, 0.3) is 5.91 Å². The number of nitrogens with zero attached hydrogens (tertiary/aromatic N) is 1. The average Bonchev–Trinajstić information content (AvgIpc) is 2.93. The van der Waals surface area contributed by atoms with Crippen LogP contribution in [0.25, 0.3) is 11.5 Å². The number of hydrogen-bond acceptors (Lipinski definition) is 4. The van der Waals surface area contributed by atoms with Crippen molar-refractivity contribution in [3.05, 3.63) is 66.4 Å². The van der Waals surface area contributed by atoms with Crippen molar-refractivity contribution in [3.63, 3.8) is 0 Å². The minimum absolute atomic E-state index is 0.00690. The number of amides is 1. The molecular formula is C16H12N2O3. The standard InChI is InChI=1S/C16H12N2O3/c17-14(19)13-16(20-12-9-5-2-6-10-12)21-15(18-13)11-7-3-1-4-8-11/h1-10H,(H2,17,19). The van der Waals surface area contributed by atoms with Crippen molar-refractivity contribution < 1.29 is 13.9 Å². The van der Waals surface area contributed by atoms with Crippen molar-refractivity contribution in [1.82, 2.24) is 4.98 Å². The van der Waals surface area contributed by atoms with Gasteiger partial charge in [-0.3, -0.25) is 4.79 Å². The molecule has 3 rings (SSSR count). The predicted molar refractivity (Wildman–Crippen MR) is 77.0 cm³/mol. The van der Waals surface area contributed by atoms with E-state index in [-0.39, 0.29) is 17.5 Å². The lowest BCUT2D eigenvalue weighted by Crippen LogP contribution is -2.12. The number of hydrogen-bond donors (Lipinski definition) is 1. The van der Waals surface area contributed by atoms with Crippen LogP contribution in [-0.2, 0) is 0 Å². The van der Waals surface area contributed by atoms with Gasteiger partial charge in [0.1, 0.15) is 5.75 Å². The van der Waals surface area contributed by atoms with Crippen LogP contribution in [0.5, 0.6) is 11.7 Å². The molecule has 0 radical (unpaired) electrons. The molecule has 2 aromatic carbocycles. The topological polar surface area (TPSA) is 78.4 Å². The van der Waals surface area contributed by atoms with E-state index in [1.165, 1.54) is 0 Å². The van der Waals surface area contributed by atoms with Gasteiger partial charge in [0.05, 0.1) is 0 Å². The van der Waals surface area contributed by atoms with Gasteiger partial charge >= 0.3 is 5.95 Å². The largest absolute Gasteiger partial charge is 0.424 e. The lowest BCUT2D eigenvalue weighted by molar-refractivity contribution is 0.0992. The molecule has 2 N–H and O–H groups in total. The van der Waals surface area contributed by atoms with Crippen LogP contribution in [0, 0.1) is 0 Å². The van der Waals surface area contributed by atoms with Crippen molar-refractivity contribution in [2.24, 2.45) is 5.73 Å². The monoisotopic (exact) mass is 280 g/mol. The van der Waals surface area contributed by atoms with E-state index in [9.17, 15) is 4.79 Å².